The molecule has 5 heteroatoms. The van der Waals surface area contributed by atoms with E-state index in [1.165, 1.54) is 25.9 Å². The van der Waals surface area contributed by atoms with Crippen molar-refractivity contribution >= 4 is 11.4 Å². The Hall–Kier alpha value is -2.32. The van der Waals surface area contributed by atoms with Crippen molar-refractivity contribution in [3.63, 3.8) is 0 Å². The second-order valence-corrected chi connectivity index (χ2v) is 6.31. The molecule has 0 aromatic carbocycles. The van der Waals surface area contributed by atoms with Crippen LogP contribution in [0.4, 0.5) is 0 Å². The van der Waals surface area contributed by atoms with Crippen molar-refractivity contribution in [3.05, 3.63) is 41.7 Å². The molecule has 0 radical (unpaired) electrons. The van der Waals surface area contributed by atoms with Gasteiger partial charge in [0.25, 0.3) is 5.91 Å². The van der Waals surface area contributed by atoms with Crippen molar-refractivity contribution in [1.29, 1.82) is 5.26 Å². The summed E-state index contributed by atoms with van der Waals surface area (Å²) in [6.07, 6.45) is 5.98. The maximum absolute atomic E-state index is 12.5. The third-order valence-electron chi connectivity index (χ3n) is 4.96. The molecule has 0 aliphatic carbocycles. The van der Waals surface area contributed by atoms with Gasteiger partial charge in [-0.05, 0) is 50.0 Å². The van der Waals surface area contributed by atoms with E-state index in [4.69, 9.17) is 5.26 Å². The first kappa shape index (κ1) is 13.4. The molecule has 1 amide bonds. The zero-order valence-corrected chi connectivity index (χ0v) is 12.3. The number of aromatic nitrogens is 1. The van der Waals surface area contributed by atoms with Crippen LogP contribution in [0.25, 0.3) is 5.52 Å². The SMILES string of the molecule is N#Cc1cc2cc(C(=O)N[C@H]3CN4CCC3CC4)ccn2c1. The predicted octanol–water partition coefficient (Wildman–Crippen LogP) is 1.63. The molecular weight excluding hydrogens is 276 g/mol. The van der Waals surface area contributed by atoms with E-state index in [0.717, 1.165) is 12.1 Å². The minimum Gasteiger partial charge on any atom is -0.348 e. The van der Waals surface area contributed by atoms with Crippen LogP contribution in [0.1, 0.15) is 28.8 Å². The molecule has 0 spiro atoms. The number of carbonyl (C=O) groups is 1. The van der Waals surface area contributed by atoms with Gasteiger partial charge in [0.15, 0.2) is 0 Å². The van der Waals surface area contributed by atoms with E-state index in [1.54, 1.807) is 12.3 Å². The van der Waals surface area contributed by atoms with Gasteiger partial charge in [-0.15, -0.1) is 0 Å². The molecule has 112 valence electrons. The summed E-state index contributed by atoms with van der Waals surface area (Å²) in [7, 11) is 0. The van der Waals surface area contributed by atoms with Crippen LogP contribution >= 0.6 is 0 Å². The molecule has 3 saturated heterocycles. The molecule has 5 nitrogen and oxygen atoms in total. The highest BCUT2D eigenvalue weighted by atomic mass is 16.1. The standard InChI is InChI=1S/C17H18N4O/c18-9-12-7-15-8-14(3-6-21(15)10-12)17(22)19-16-11-20-4-1-13(16)2-5-20/h3,6-8,10,13,16H,1-2,4-5,11H2,(H,19,22)/t16-/m0/s1. The topological polar surface area (TPSA) is 60.5 Å². The highest BCUT2D eigenvalue weighted by Gasteiger charge is 2.34. The second kappa shape index (κ2) is 5.15. The Morgan fingerprint density at radius 3 is 2.82 bits per heavy atom. The van der Waals surface area contributed by atoms with Crippen LogP contribution in [0.5, 0.6) is 0 Å². The molecule has 2 aromatic rings. The summed E-state index contributed by atoms with van der Waals surface area (Å²) >= 11 is 0. The first-order valence-corrected chi connectivity index (χ1v) is 7.78. The third kappa shape index (κ3) is 2.26. The van der Waals surface area contributed by atoms with Gasteiger partial charge < -0.3 is 14.6 Å². The van der Waals surface area contributed by atoms with Gasteiger partial charge in [-0.1, -0.05) is 0 Å². The van der Waals surface area contributed by atoms with E-state index in [2.05, 4.69) is 16.3 Å². The summed E-state index contributed by atoms with van der Waals surface area (Å²) < 4.78 is 1.86. The quantitative estimate of drug-likeness (QED) is 0.916. The molecule has 0 saturated carbocycles. The number of nitrogens with one attached hydrogen (secondary N) is 1. The summed E-state index contributed by atoms with van der Waals surface area (Å²) in [5.74, 6) is 0.608. The predicted molar refractivity (Wildman–Crippen MR) is 82.5 cm³/mol. The molecule has 3 fully saturated rings. The Morgan fingerprint density at radius 2 is 2.14 bits per heavy atom. The summed E-state index contributed by atoms with van der Waals surface area (Å²) in [4.78, 5) is 14.9. The number of fused-ring (bicyclic) bond motifs is 4. The van der Waals surface area contributed by atoms with Gasteiger partial charge in [0.1, 0.15) is 6.07 Å². The number of piperidine rings is 3. The highest BCUT2D eigenvalue weighted by molar-refractivity contribution is 5.95. The molecule has 3 aliphatic heterocycles. The van der Waals surface area contributed by atoms with Crippen LogP contribution in [0, 0.1) is 17.2 Å². The Balaban J connectivity index is 1.54. The second-order valence-electron chi connectivity index (χ2n) is 6.31. The monoisotopic (exact) mass is 294 g/mol. The maximum Gasteiger partial charge on any atom is 0.251 e. The molecular formula is C17H18N4O. The molecule has 0 unspecified atom stereocenters. The lowest BCUT2D eigenvalue weighted by Gasteiger charge is -2.44. The van der Waals surface area contributed by atoms with Gasteiger partial charge in [0.2, 0.25) is 0 Å². The van der Waals surface area contributed by atoms with Gasteiger partial charge in [-0.25, -0.2) is 0 Å². The molecule has 5 rings (SSSR count). The Kier molecular flexibility index (Phi) is 3.12. The summed E-state index contributed by atoms with van der Waals surface area (Å²) in [6.45, 7) is 3.32. The first-order chi connectivity index (χ1) is 10.7. The summed E-state index contributed by atoms with van der Waals surface area (Å²) in [5.41, 5.74) is 2.14. The molecule has 5 heterocycles. The van der Waals surface area contributed by atoms with E-state index in [0.29, 0.717) is 17.0 Å². The van der Waals surface area contributed by atoms with Crippen molar-refractivity contribution in [2.75, 3.05) is 19.6 Å². The fraction of sp³-hybridized carbons (Fsp3) is 0.412. The fourth-order valence-corrected chi connectivity index (χ4v) is 3.69. The van der Waals surface area contributed by atoms with Gasteiger partial charge in [0.05, 0.1) is 5.56 Å². The number of carbonyl (C=O) groups excluding carboxylic acids is 1. The molecule has 2 aromatic heterocycles. The van der Waals surface area contributed by atoms with Gasteiger partial charge >= 0.3 is 0 Å². The number of nitriles is 1. The number of rotatable bonds is 2. The van der Waals surface area contributed by atoms with E-state index in [9.17, 15) is 4.79 Å². The van der Waals surface area contributed by atoms with Gasteiger partial charge in [-0.3, -0.25) is 4.79 Å². The average molecular weight is 294 g/mol. The maximum atomic E-state index is 12.5. The van der Waals surface area contributed by atoms with Crippen molar-refractivity contribution < 1.29 is 4.79 Å². The molecule has 3 aliphatic rings. The van der Waals surface area contributed by atoms with Crippen LogP contribution < -0.4 is 5.32 Å². The lowest BCUT2D eigenvalue weighted by molar-refractivity contribution is 0.0620. The minimum atomic E-state index is -0.0130. The van der Waals surface area contributed by atoms with Crippen molar-refractivity contribution in [2.45, 2.75) is 18.9 Å². The van der Waals surface area contributed by atoms with Gasteiger partial charge in [-0.2, -0.15) is 5.26 Å². The zero-order chi connectivity index (χ0) is 15.1. The Bertz CT molecular complexity index is 765. The minimum absolute atomic E-state index is 0.0130. The molecule has 22 heavy (non-hydrogen) atoms. The number of hydrogen-bond acceptors (Lipinski definition) is 3. The molecule has 1 N–H and O–H groups in total. The van der Waals surface area contributed by atoms with Gasteiger partial charge in [0, 0.05) is 36.1 Å². The largest absolute Gasteiger partial charge is 0.348 e. The van der Waals surface area contributed by atoms with Crippen LogP contribution in [0.3, 0.4) is 0 Å². The van der Waals surface area contributed by atoms with E-state index in [-0.39, 0.29) is 11.9 Å². The lowest BCUT2D eigenvalue weighted by atomic mass is 9.84. The van der Waals surface area contributed by atoms with E-state index in [1.807, 2.05) is 22.7 Å². The molecule has 2 bridgehead atoms. The van der Waals surface area contributed by atoms with Crippen LogP contribution in [0.15, 0.2) is 30.6 Å². The number of hydrogen-bond donors (Lipinski definition) is 1. The van der Waals surface area contributed by atoms with Crippen molar-refractivity contribution in [1.82, 2.24) is 14.6 Å². The smallest absolute Gasteiger partial charge is 0.251 e. The van der Waals surface area contributed by atoms with E-state index < -0.39 is 0 Å². The molecule has 1 atom stereocenters. The summed E-state index contributed by atoms with van der Waals surface area (Å²) in [6, 6.07) is 7.84. The average Bonchev–Trinajstić information content (AvgIpc) is 2.98. The lowest BCUT2D eigenvalue weighted by Crippen LogP contribution is -2.57. The van der Waals surface area contributed by atoms with Crippen molar-refractivity contribution in [3.8, 4) is 6.07 Å². The highest BCUT2D eigenvalue weighted by Crippen LogP contribution is 2.27. The summed E-state index contributed by atoms with van der Waals surface area (Å²) in [5, 5.41) is 12.1. The number of pyridine rings is 1. The number of amides is 1. The van der Waals surface area contributed by atoms with Crippen LogP contribution in [-0.4, -0.2) is 40.9 Å². The Labute approximate surface area is 129 Å². The van der Waals surface area contributed by atoms with E-state index >= 15 is 0 Å². The normalized spacial score (nSPS) is 26.8. The Morgan fingerprint density at radius 1 is 1.32 bits per heavy atom. The van der Waals surface area contributed by atoms with Crippen LogP contribution in [-0.2, 0) is 0 Å². The first-order valence-electron chi connectivity index (χ1n) is 7.78. The number of nitrogens with zero attached hydrogens (tertiary/aromatic N) is 3. The fourth-order valence-electron chi connectivity index (χ4n) is 3.69. The third-order valence-corrected chi connectivity index (χ3v) is 4.96. The zero-order valence-electron chi connectivity index (χ0n) is 12.3. The van der Waals surface area contributed by atoms with Crippen molar-refractivity contribution in [2.24, 2.45) is 5.92 Å². The van der Waals surface area contributed by atoms with Crippen LogP contribution in [0.2, 0.25) is 0 Å².